The molecule has 2 heterocycles. The van der Waals surface area contributed by atoms with E-state index in [0.717, 1.165) is 30.7 Å². The molecule has 0 atom stereocenters. The Hall–Kier alpha value is -1.78. The average Bonchev–Trinajstić information content (AvgIpc) is 2.97. The molecule has 2 aromatic heterocycles. The second-order valence-corrected chi connectivity index (χ2v) is 5.12. The molecule has 0 saturated heterocycles. The number of pyridine rings is 1. The quantitative estimate of drug-likeness (QED) is 0.723. The van der Waals surface area contributed by atoms with E-state index >= 15 is 0 Å². The normalized spacial score (nSPS) is 10.9. The van der Waals surface area contributed by atoms with Gasteiger partial charge in [-0.3, -0.25) is 4.98 Å². The summed E-state index contributed by atoms with van der Waals surface area (Å²) in [4.78, 5) is 8.73. The van der Waals surface area contributed by atoms with Gasteiger partial charge < -0.3 is 5.32 Å². The number of aromatic nitrogens is 2. The molecule has 0 bridgehead atoms. The summed E-state index contributed by atoms with van der Waals surface area (Å²) in [6.45, 7) is 1.77. The van der Waals surface area contributed by atoms with Gasteiger partial charge in [0.05, 0.1) is 16.7 Å². The van der Waals surface area contributed by atoms with Crippen molar-refractivity contribution in [2.45, 2.75) is 13.0 Å². The fourth-order valence-corrected chi connectivity index (χ4v) is 2.69. The molecule has 0 saturated carbocycles. The Bertz CT molecular complexity index is 644. The van der Waals surface area contributed by atoms with Crippen LogP contribution in [0.25, 0.3) is 10.9 Å². The molecule has 1 aromatic carbocycles. The highest BCUT2D eigenvalue weighted by Gasteiger charge is 2.01. The van der Waals surface area contributed by atoms with Gasteiger partial charge in [-0.15, -0.1) is 11.3 Å². The first-order valence-corrected chi connectivity index (χ1v) is 7.28. The third-order valence-corrected chi connectivity index (χ3v) is 3.71. The van der Waals surface area contributed by atoms with Crippen molar-refractivity contribution in [2.75, 3.05) is 6.54 Å². The molecule has 3 rings (SSSR count). The summed E-state index contributed by atoms with van der Waals surface area (Å²) in [5.74, 6) is 0. The first-order chi connectivity index (χ1) is 9.43. The minimum absolute atomic E-state index is 0.835. The van der Waals surface area contributed by atoms with Crippen molar-refractivity contribution in [2.24, 2.45) is 0 Å². The molecule has 0 aliphatic carbocycles. The number of hydrogen-bond acceptors (Lipinski definition) is 4. The van der Waals surface area contributed by atoms with Gasteiger partial charge in [-0.2, -0.15) is 0 Å². The number of fused-ring (bicyclic) bond motifs is 1. The van der Waals surface area contributed by atoms with Gasteiger partial charge in [0.15, 0.2) is 0 Å². The van der Waals surface area contributed by atoms with Crippen molar-refractivity contribution in [1.82, 2.24) is 15.3 Å². The number of hydrogen-bond donors (Lipinski definition) is 1. The fourth-order valence-electron chi connectivity index (χ4n) is 2.13. The van der Waals surface area contributed by atoms with E-state index < -0.39 is 0 Å². The molecule has 1 N–H and O–H groups in total. The summed E-state index contributed by atoms with van der Waals surface area (Å²) in [5.41, 5.74) is 5.39. The number of para-hydroxylation sites is 1. The zero-order chi connectivity index (χ0) is 12.9. The topological polar surface area (TPSA) is 37.8 Å². The Morgan fingerprint density at radius 1 is 1.11 bits per heavy atom. The van der Waals surface area contributed by atoms with Crippen LogP contribution in [0.15, 0.2) is 47.4 Å². The lowest BCUT2D eigenvalue weighted by atomic mass is 10.1. The maximum Gasteiger partial charge on any atom is 0.0795 e. The smallest absolute Gasteiger partial charge is 0.0795 e. The van der Waals surface area contributed by atoms with Gasteiger partial charge >= 0.3 is 0 Å². The molecule has 0 fully saturated rings. The van der Waals surface area contributed by atoms with Crippen LogP contribution in [0.5, 0.6) is 0 Å². The van der Waals surface area contributed by atoms with Gasteiger partial charge in [0.25, 0.3) is 0 Å². The first-order valence-electron chi connectivity index (χ1n) is 6.34. The molecule has 19 heavy (non-hydrogen) atoms. The SMILES string of the molecule is c1cnc2c(CCNCc3cscn3)cccc2c1. The largest absolute Gasteiger partial charge is 0.311 e. The average molecular weight is 269 g/mol. The molecule has 0 amide bonds. The Balaban J connectivity index is 1.62. The van der Waals surface area contributed by atoms with Crippen LogP contribution < -0.4 is 5.32 Å². The van der Waals surface area contributed by atoms with Crippen LogP contribution in [0.2, 0.25) is 0 Å². The van der Waals surface area contributed by atoms with Crippen LogP contribution >= 0.6 is 11.3 Å². The van der Waals surface area contributed by atoms with Crippen molar-refractivity contribution >= 4 is 22.2 Å². The molecule has 0 aliphatic rings. The van der Waals surface area contributed by atoms with Gasteiger partial charge in [-0.05, 0) is 24.6 Å². The van der Waals surface area contributed by atoms with E-state index in [1.165, 1.54) is 10.9 Å². The Kier molecular flexibility index (Phi) is 3.81. The summed E-state index contributed by atoms with van der Waals surface area (Å²) in [6, 6.07) is 10.4. The van der Waals surface area contributed by atoms with E-state index in [-0.39, 0.29) is 0 Å². The van der Waals surface area contributed by atoms with E-state index in [2.05, 4.69) is 44.9 Å². The minimum Gasteiger partial charge on any atom is -0.311 e. The molecule has 0 aliphatic heterocycles. The minimum atomic E-state index is 0.835. The predicted octanol–water partition coefficient (Wildman–Crippen LogP) is 3.02. The fraction of sp³-hybridized carbons (Fsp3) is 0.200. The molecule has 4 heteroatoms. The van der Waals surface area contributed by atoms with E-state index in [1.807, 2.05) is 17.8 Å². The number of benzene rings is 1. The summed E-state index contributed by atoms with van der Waals surface area (Å²) >= 11 is 1.63. The van der Waals surface area contributed by atoms with Gasteiger partial charge in [0, 0.05) is 23.5 Å². The zero-order valence-electron chi connectivity index (χ0n) is 10.5. The van der Waals surface area contributed by atoms with Crippen LogP contribution in [-0.2, 0) is 13.0 Å². The molecule has 3 nitrogen and oxygen atoms in total. The Morgan fingerprint density at radius 2 is 2.05 bits per heavy atom. The third kappa shape index (κ3) is 2.97. The highest BCUT2D eigenvalue weighted by Crippen LogP contribution is 2.15. The van der Waals surface area contributed by atoms with E-state index in [0.29, 0.717) is 0 Å². The molecule has 96 valence electrons. The molecular formula is C15H15N3S. The molecule has 0 radical (unpaired) electrons. The third-order valence-electron chi connectivity index (χ3n) is 3.08. The van der Waals surface area contributed by atoms with Crippen LogP contribution in [0.3, 0.4) is 0 Å². The van der Waals surface area contributed by atoms with E-state index in [9.17, 15) is 0 Å². The van der Waals surface area contributed by atoms with Crippen LogP contribution in [0.1, 0.15) is 11.3 Å². The number of thiazole rings is 1. The van der Waals surface area contributed by atoms with E-state index in [1.54, 1.807) is 11.3 Å². The molecular weight excluding hydrogens is 254 g/mol. The highest BCUT2D eigenvalue weighted by atomic mass is 32.1. The Labute approximate surface area is 116 Å². The zero-order valence-corrected chi connectivity index (χ0v) is 11.4. The summed E-state index contributed by atoms with van der Waals surface area (Å²) in [7, 11) is 0. The van der Waals surface area contributed by atoms with Crippen LogP contribution in [0, 0.1) is 0 Å². The standard InChI is InChI=1S/C15H15N3S/c1-3-12-5-2-7-17-15(12)13(4-1)6-8-16-9-14-10-19-11-18-14/h1-5,7,10-11,16H,6,8-9H2. The van der Waals surface area contributed by atoms with Gasteiger partial charge in [-0.25, -0.2) is 4.98 Å². The Morgan fingerprint density at radius 3 is 2.95 bits per heavy atom. The summed E-state index contributed by atoms with van der Waals surface area (Å²) in [5, 5.41) is 6.70. The van der Waals surface area contributed by atoms with Crippen molar-refractivity contribution < 1.29 is 0 Å². The lowest BCUT2D eigenvalue weighted by molar-refractivity contribution is 0.678. The number of nitrogens with one attached hydrogen (secondary N) is 1. The monoisotopic (exact) mass is 269 g/mol. The van der Waals surface area contributed by atoms with Gasteiger partial charge in [0.2, 0.25) is 0 Å². The lowest BCUT2D eigenvalue weighted by Crippen LogP contribution is -2.17. The predicted molar refractivity (Wildman–Crippen MR) is 79.3 cm³/mol. The summed E-state index contributed by atoms with van der Waals surface area (Å²) < 4.78 is 0. The van der Waals surface area contributed by atoms with Crippen molar-refractivity contribution in [1.29, 1.82) is 0 Å². The number of rotatable bonds is 5. The van der Waals surface area contributed by atoms with Crippen molar-refractivity contribution in [3.8, 4) is 0 Å². The first kappa shape index (κ1) is 12.3. The van der Waals surface area contributed by atoms with Gasteiger partial charge in [0.1, 0.15) is 0 Å². The maximum atomic E-state index is 4.47. The van der Waals surface area contributed by atoms with Crippen LogP contribution in [0.4, 0.5) is 0 Å². The molecule has 3 aromatic rings. The maximum absolute atomic E-state index is 4.47. The van der Waals surface area contributed by atoms with Gasteiger partial charge in [-0.1, -0.05) is 24.3 Å². The second kappa shape index (κ2) is 5.91. The van der Waals surface area contributed by atoms with Crippen molar-refractivity contribution in [3.63, 3.8) is 0 Å². The molecule has 0 spiro atoms. The lowest BCUT2D eigenvalue weighted by Gasteiger charge is -2.06. The number of nitrogens with zero attached hydrogens (tertiary/aromatic N) is 2. The van der Waals surface area contributed by atoms with E-state index in [4.69, 9.17) is 0 Å². The van der Waals surface area contributed by atoms with Crippen LogP contribution in [-0.4, -0.2) is 16.5 Å². The van der Waals surface area contributed by atoms with Crippen molar-refractivity contribution in [3.05, 3.63) is 58.7 Å². The highest BCUT2D eigenvalue weighted by molar-refractivity contribution is 7.07. The summed E-state index contributed by atoms with van der Waals surface area (Å²) in [6.07, 6.45) is 2.84. The molecule has 0 unspecified atom stereocenters. The second-order valence-electron chi connectivity index (χ2n) is 4.40.